The number of carbonyl (C=O) groups is 1. The predicted molar refractivity (Wildman–Crippen MR) is 145 cm³/mol. The van der Waals surface area contributed by atoms with Gasteiger partial charge in [0.1, 0.15) is 0 Å². The van der Waals surface area contributed by atoms with Crippen molar-refractivity contribution in [3.63, 3.8) is 0 Å². The van der Waals surface area contributed by atoms with Crippen LogP contribution in [0, 0.1) is 26.7 Å². The molecular formula is C31H34N4O2. The fourth-order valence-electron chi connectivity index (χ4n) is 5.08. The number of hydrogen-bond donors (Lipinski definition) is 1. The normalized spacial score (nSPS) is 15.4. The lowest BCUT2D eigenvalue weighted by Gasteiger charge is -2.31. The van der Waals surface area contributed by atoms with E-state index >= 15 is 0 Å². The largest absolute Gasteiger partial charge is 0.345 e. The van der Waals surface area contributed by atoms with E-state index in [-0.39, 0.29) is 17.9 Å². The maximum absolute atomic E-state index is 13.4. The smallest absolute Gasteiger partial charge is 0.241 e. The first-order valence-electron chi connectivity index (χ1n) is 13.0. The zero-order valence-electron chi connectivity index (χ0n) is 21.8. The molecule has 1 aliphatic heterocycles. The van der Waals surface area contributed by atoms with Crippen LogP contribution < -0.4 is 5.32 Å². The molecule has 1 amide bonds. The minimum Gasteiger partial charge on any atom is -0.345 e. The molecule has 4 aromatic rings. The summed E-state index contributed by atoms with van der Waals surface area (Å²) in [5, 5.41) is 7.52. The summed E-state index contributed by atoms with van der Waals surface area (Å²) in [6, 6.07) is 24.6. The zero-order chi connectivity index (χ0) is 25.8. The molecule has 2 heterocycles. The summed E-state index contributed by atoms with van der Waals surface area (Å²) in [6.07, 6.45) is 1.61. The number of nitrogens with one attached hydrogen (secondary N) is 1. The molecule has 1 N–H and O–H groups in total. The van der Waals surface area contributed by atoms with E-state index in [2.05, 4.69) is 71.5 Å². The highest BCUT2D eigenvalue weighted by Crippen LogP contribution is 2.28. The Labute approximate surface area is 218 Å². The predicted octanol–water partition coefficient (Wildman–Crippen LogP) is 5.78. The van der Waals surface area contributed by atoms with Gasteiger partial charge in [0.25, 0.3) is 0 Å². The fraction of sp³-hybridized carbons (Fsp3) is 0.323. The van der Waals surface area contributed by atoms with Crippen molar-refractivity contribution in [2.45, 2.75) is 46.2 Å². The number of carbonyl (C=O) groups excluding carboxylic acids is 1. The van der Waals surface area contributed by atoms with Crippen molar-refractivity contribution >= 4 is 5.91 Å². The lowest BCUT2D eigenvalue weighted by molar-refractivity contribution is -0.127. The van der Waals surface area contributed by atoms with Gasteiger partial charge < -0.3 is 9.84 Å². The van der Waals surface area contributed by atoms with E-state index in [0.29, 0.717) is 18.3 Å². The van der Waals surface area contributed by atoms with E-state index < -0.39 is 0 Å². The summed E-state index contributed by atoms with van der Waals surface area (Å²) in [5.74, 6) is 1.33. The lowest BCUT2D eigenvalue weighted by Crippen LogP contribution is -2.41. The van der Waals surface area contributed by atoms with E-state index in [1.165, 1.54) is 16.7 Å². The maximum atomic E-state index is 13.4. The average Bonchev–Trinajstić information content (AvgIpc) is 3.37. The van der Waals surface area contributed by atoms with Crippen molar-refractivity contribution in [1.29, 1.82) is 0 Å². The van der Waals surface area contributed by atoms with Crippen molar-refractivity contribution < 1.29 is 9.32 Å². The molecule has 0 aliphatic carbocycles. The molecule has 0 saturated carbocycles. The SMILES string of the molecule is Cc1ccc(-c2noc(CN3CCC(C(=O)NC(c4ccccc4)c4ccc(C)cc4C)CC3)n2)cc1. The first-order chi connectivity index (χ1) is 18.0. The van der Waals surface area contributed by atoms with Crippen molar-refractivity contribution in [1.82, 2.24) is 20.4 Å². The van der Waals surface area contributed by atoms with Crippen LogP contribution in [0.4, 0.5) is 0 Å². The second kappa shape index (κ2) is 11.1. The van der Waals surface area contributed by atoms with E-state index in [1.54, 1.807) is 0 Å². The van der Waals surface area contributed by atoms with E-state index in [1.807, 2.05) is 42.5 Å². The van der Waals surface area contributed by atoms with Crippen molar-refractivity contribution in [2.75, 3.05) is 13.1 Å². The molecule has 1 atom stereocenters. The summed E-state index contributed by atoms with van der Waals surface area (Å²) < 4.78 is 5.51. The molecule has 1 aliphatic rings. The van der Waals surface area contributed by atoms with Gasteiger partial charge in [0, 0.05) is 11.5 Å². The Morgan fingerprint density at radius 1 is 0.973 bits per heavy atom. The number of aromatic nitrogens is 2. The quantitative estimate of drug-likeness (QED) is 0.353. The Balaban J connectivity index is 1.20. The Hall–Kier alpha value is -3.77. The third kappa shape index (κ3) is 5.97. The highest BCUT2D eigenvalue weighted by atomic mass is 16.5. The van der Waals surface area contributed by atoms with Crippen LogP contribution >= 0.6 is 0 Å². The Bertz CT molecular complexity index is 1340. The monoisotopic (exact) mass is 494 g/mol. The summed E-state index contributed by atoms with van der Waals surface area (Å²) in [6.45, 7) is 8.51. The van der Waals surface area contributed by atoms with Gasteiger partial charge in [-0.2, -0.15) is 4.98 Å². The van der Waals surface area contributed by atoms with E-state index in [9.17, 15) is 4.79 Å². The van der Waals surface area contributed by atoms with Gasteiger partial charge in [0.15, 0.2) is 0 Å². The number of benzene rings is 3. The summed E-state index contributed by atoms with van der Waals surface area (Å²) in [5.41, 5.74) is 6.80. The minimum atomic E-state index is -0.161. The molecule has 190 valence electrons. The molecule has 0 bridgehead atoms. The van der Waals surface area contributed by atoms with Crippen LogP contribution in [0.5, 0.6) is 0 Å². The third-order valence-corrected chi connectivity index (χ3v) is 7.25. The Kier molecular flexibility index (Phi) is 7.47. The Morgan fingerprint density at radius 3 is 2.38 bits per heavy atom. The summed E-state index contributed by atoms with van der Waals surface area (Å²) >= 11 is 0. The minimum absolute atomic E-state index is 0.0148. The average molecular weight is 495 g/mol. The zero-order valence-corrected chi connectivity index (χ0v) is 21.8. The van der Waals surface area contributed by atoms with Gasteiger partial charge in [0.2, 0.25) is 17.6 Å². The summed E-state index contributed by atoms with van der Waals surface area (Å²) in [4.78, 5) is 20.3. The van der Waals surface area contributed by atoms with E-state index in [4.69, 9.17) is 4.52 Å². The number of amides is 1. The second-order valence-corrected chi connectivity index (χ2v) is 10.1. The van der Waals surface area contributed by atoms with Crippen LogP contribution in [0.2, 0.25) is 0 Å². The number of hydrogen-bond acceptors (Lipinski definition) is 5. The highest BCUT2D eigenvalue weighted by Gasteiger charge is 2.28. The maximum Gasteiger partial charge on any atom is 0.241 e. The number of nitrogens with zero attached hydrogens (tertiary/aromatic N) is 3. The van der Waals surface area contributed by atoms with Gasteiger partial charge in [-0.1, -0.05) is 89.1 Å². The standard InChI is InChI=1S/C31H34N4O2/c1-21-9-12-25(13-10-21)30-32-28(37-34-30)20-35-17-15-26(16-18-35)31(36)33-29(24-7-5-4-6-8-24)27-14-11-22(2)19-23(27)3/h4-14,19,26,29H,15-18,20H2,1-3H3,(H,33,36). The molecule has 6 heteroatoms. The topological polar surface area (TPSA) is 71.3 Å². The third-order valence-electron chi connectivity index (χ3n) is 7.25. The van der Waals surface area contributed by atoms with Gasteiger partial charge in [-0.15, -0.1) is 0 Å². The molecule has 0 spiro atoms. The molecule has 3 aromatic carbocycles. The fourth-order valence-corrected chi connectivity index (χ4v) is 5.08. The van der Waals surface area contributed by atoms with Gasteiger partial charge in [-0.25, -0.2) is 0 Å². The summed E-state index contributed by atoms with van der Waals surface area (Å²) in [7, 11) is 0. The van der Waals surface area contributed by atoms with Crippen LogP contribution in [-0.4, -0.2) is 34.0 Å². The molecule has 5 rings (SSSR count). The lowest BCUT2D eigenvalue weighted by atomic mass is 9.91. The number of likely N-dealkylation sites (tertiary alicyclic amines) is 1. The Morgan fingerprint density at radius 2 is 1.68 bits per heavy atom. The van der Waals surface area contributed by atoms with Crippen LogP contribution in [0.25, 0.3) is 11.4 Å². The van der Waals surface area contributed by atoms with Gasteiger partial charge in [0.05, 0.1) is 12.6 Å². The van der Waals surface area contributed by atoms with Crippen molar-refractivity contribution in [2.24, 2.45) is 5.92 Å². The molecule has 1 aromatic heterocycles. The van der Waals surface area contributed by atoms with Crippen LogP contribution in [0.3, 0.4) is 0 Å². The first kappa shape index (κ1) is 24.9. The molecule has 1 fully saturated rings. The van der Waals surface area contributed by atoms with Crippen LogP contribution in [0.1, 0.15) is 52.6 Å². The van der Waals surface area contributed by atoms with E-state index in [0.717, 1.165) is 42.6 Å². The molecular weight excluding hydrogens is 460 g/mol. The van der Waals surface area contributed by atoms with Gasteiger partial charge in [-0.05, 0) is 63.4 Å². The number of aryl methyl sites for hydroxylation is 3. The first-order valence-corrected chi connectivity index (χ1v) is 13.0. The van der Waals surface area contributed by atoms with Crippen molar-refractivity contribution in [3.05, 3.63) is 107 Å². The second-order valence-electron chi connectivity index (χ2n) is 10.1. The molecule has 37 heavy (non-hydrogen) atoms. The molecule has 6 nitrogen and oxygen atoms in total. The molecule has 1 unspecified atom stereocenters. The van der Waals surface area contributed by atoms with Gasteiger partial charge in [-0.3, -0.25) is 9.69 Å². The van der Waals surface area contributed by atoms with Crippen LogP contribution in [0.15, 0.2) is 77.3 Å². The molecule has 1 saturated heterocycles. The van der Waals surface area contributed by atoms with Crippen molar-refractivity contribution in [3.8, 4) is 11.4 Å². The van der Waals surface area contributed by atoms with Crippen LogP contribution in [-0.2, 0) is 11.3 Å². The van der Waals surface area contributed by atoms with Gasteiger partial charge >= 0.3 is 0 Å². The number of rotatable bonds is 7. The number of piperidine rings is 1. The highest BCUT2D eigenvalue weighted by molar-refractivity contribution is 5.79. The molecule has 0 radical (unpaired) electrons.